The Morgan fingerprint density at radius 1 is 1.14 bits per heavy atom. The van der Waals surface area contributed by atoms with Gasteiger partial charge >= 0.3 is 5.97 Å². The number of carboxylic acid groups (broad SMARTS) is 1. The van der Waals surface area contributed by atoms with Crippen molar-refractivity contribution in [2.75, 3.05) is 0 Å². The minimum atomic E-state index is -0.857. The average molecular weight is 287 g/mol. The molecule has 1 atom stereocenters. The van der Waals surface area contributed by atoms with Crippen LogP contribution in [0.3, 0.4) is 0 Å². The van der Waals surface area contributed by atoms with Crippen molar-refractivity contribution in [2.24, 2.45) is 0 Å². The number of hydrogen-bond donors (Lipinski definition) is 2. The number of hydrogen-bond acceptors (Lipinski definition) is 2. The quantitative estimate of drug-likeness (QED) is 0.857. The second-order valence-electron chi connectivity index (χ2n) is 4.96. The number of nitrogens with one attached hydrogen (secondary N) is 1. The summed E-state index contributed by atoms with van der Waals surface area (Å²) in [5.74, 6) is -1.10. The Kier molecular flexibility index (Phi) is 5.06. The monoisotopic (exact) mass is 287 g/mol. The van der Waals surface area contributed by atoms with E-state index in [0.717, 1.165) is 11.1 Å². The molecule has 2 N–H and O–H groups in total. The summed E-state index contributed by atoms with van der Waals surface area (Å²) < 4.78 is 13.7. The molecule has 2 aromatic carbocycles. The first-order valence-electron chi connectivity index (χ1n) is 6.84. The maximum atomic E-state index is 13.7. The van der Waals surface area contributed by atoms with E-state index in [1.807, 2.05) is 25.1 Å². The number of halogens is 1. The lowest BCUT2D eigenvalue weighted by atomic mass is 10.0. The van der Waals surface area contributed by atoms with Gasteiger partial charge in [-0.1, -0.05) is 42.5 Å². The summed E-state index contributed by atoms with van der Waals surface area (Å²) in [7, 11) is 0. The molecule has 4 heteroatoms. The molecule has 2 aromatic rings. The van der Waals surface area contributed by atoms with Crippen LogP contribution in [-0.4, -0.2) is 11.1 Å². The molecule has 110 valence electrons. The van der Waals surface area contributed by atoms with Crippen LogP contribution < -0.4 is 5.32 Å². The van der Waals surface area contributed by atoms with E-state index in [2.05, 4.69) is 5.32 Å². The van der Waals surface area contributed by atoms with Crippen molar-refractivity contribution in [2.45, 2.75) is 25.9 Å². The molecule has 0 bridgehead atoms. The molecule has 21 heavy (non-hydrogen) atoms. The van der Waals surface area contributed by atoms with Crippen molar-refractivity contribution in [3.8, 4) is 0 Å². The van der Waals surface area contributed by atoms with Crippen LogP contribution in [0.15, 0.2) is 48.5 Å². The second-order valence-corrected chi connectivity index (χ2v) is 4.96. The molecule has 0 spiro atoms. The van der Waals surface area contributed by atoms with Gasteiger partial charge in [0.05, 0.1) is 6.42 Å². The highest BCUT2D eigenvalue weighted by atomic mass is 19.1. The molecule has 0 heterocycles. The smallest absolute Gasteiger partial charge is 0.307 e. The van der Waals surface area contributed by atoms with E-state index in [1.54, 1.807) is 24.3 Å². The topological polar surface area (TPSA) is 49.3 Å². The molecule has 0 fully saturated rings. The lowest BCUT2D eigenvalue weighted by Crippen LogP contribution is -2.20. The lowest BCUT2D eigenvalue weighted by molar-refractivity contribution is -0.136. The summed E-state index contributed by atoms with van der Waals surface area (Å²) in [5, 5.41) is 12.1. The van der Waals surface area contributed by atoms with E-state index < -0.39 is 5.97 Å². The SMILES string of the molecule is C[C@@H](NCc1ccccc1CC(=O)O)c1ccccc1F. The number of rotatable bonds is 6. The third-order valence-electron chi connectivity index (χ3n) is 3.43. The summed E-state index contributed by atoms with van der Waals surface area (Å²) in [6.07, 6.45) is -0.00800. The Morgan fingerprint density at radius 2 is 1.76 bits per heavy atom. The van der Waals surface area contributed by atoms with Crippen LogP contribution in [0.5, 0.6) is 0 Å². The Bertz CT molecular complexity index is 628. The second kappa shape index (κ2) is 6.99. The fraction of sp³-hybridized carbons (Fsp3) is 0.235. The summed E-state index contributed by atoms with van der Waals surface area (Å²) in [4.78, 5) is 10.9. The average Bonchev–Trinajstić information content (AvgIpc) is 2.46. The van der Waals surface area contributed by atoms with Crippen molar-refractivity contribution >= 4 is 5.97 Å². The van der Waals surface area contributed by atoms with E-state index >= 15 is 0 Å². The zero-order valence-electron chi connectivity index (χ0n) is 11.8. The fourth-order valence-electron chi connectivity index (χ4n) is 2.26. The Balaban J connectivity index is 2.06. The normalized spacial score (nSPS) is 12.1. The molecule has 0 unspecified atom stereocenters. The third kappa shape index (κ3) is 4.13. The van der Waals surface area contributed by atoms with Gasteiger partial charge in [-0.2, -0.15) is 0 Å². The third-order valence-corrected chi connectivity index (χ3v) is 3.43. The molecular formula is C17H18FNO2. The largest absolute Gasteiger partial charge is 0.481 e. The van der Waals surface area contributed by atoms with Crippen LogP contribution >= 0.6 is 0 Å². The Hall–Kier alpha value is -2.20. The summed E-state index contributed by atoms with van der Waals surface area (Å²) in [6, 6.07) is 13.9. The molecule has 0 aromatic heterocycles. The molecule has 0 aliphatic heterocycles. The van der Waals surface area contributed by atoms with Crippen LogP contribution in [0.4, 0.5) is 4.39 Å². The predicted octanol–water partition coefficient (Wildman–Crippen LogP) is 3.30. The van der Waals surface area contributed by atoms with Crippen LogP contribution in [0.25, 0.3) is 0 Å². The zero-order valence-corrected chi connectivity index (χ0v) is 11.8. The molecule has 3 nitrogen and oxygen atoms in total. The van der Waals surface area contributed by atoms with E-state index in [-0.39, 0.29) is 18.3 Å². The molecule has 0 saturated carbocycles. The van der Waals surface area contributed by atoms with Gasteiger partial charge in [0.1, 0.15) is 5.82 Å². The minimum absolute atomic E-state index is 0.00800. The van der Waals surface area contributed by atoms with E-state index in [1.165, 1.54) is 6.07 Å². The molecule has 2 rings (SSSR count). The molecule has 0 saturated heterocycles. The Morgan fingerprint density at radius 3 is 2.43 bits per heavy atom. The van der Waals surface area contributed by atoms with Gasteiger partial charge in [-0.25, -0.2) is 4.39 Å². The van der Waals surface area contributed by atoms with Gasteiger partial charge in [0, 0.05) is 18.2 Å². The molecule has 0 amide bonds. The Labute approximate surface area is 123 Å². The summed E-state index contributed by atoms with van der Waals surface area (Å²) in [6.45, 7) is 2.39. The number of benzene rings is 2. The molecular weight excluding hydrogens is 269 g/mol. The lowest BCUT2D eigenvalue weighted by Gasteiger charge is -2.16. The van der Waals surface area contributed by atoms with Crippen LogP contribution in [0, 0.1) is 5.82 Å². The first-order chi connectivity index (χ1) is 10.1. The summed E-state index contributed by atoms with van der Waals surface area (Å²) >= 11 is 0. The van der Waals surface area contributed by atoms with E-state index in [9.17, 15) is 9.18 Å². The van der Waals surface area contributed by atoms with E-state index in [0.29, 0.717) is 12.1 Å². The van der Waals surface area contributed by atoms with Gasteiger partial charge in [0.2, 0.25) is 0 Å². The van der Waals surface area contributed by atoms with Gasteiger partial charge < -0.3 is 10.4 Å². The molecule has 0 radical (unpaired) electrons. The van der Waals surface area contributed by atoms with E-state index in [4.69, 9.17) is 5.11 Å². The molecule has 0 aliphatic rings. The maximum Gasteiger partial charge on any atom is 0.307 e. The maximum absolute atomic E-state index is 13.7. The van der Waals surface area contributed by atoms with Gasteiger partial charge in [-0.15, -0.1) is 0 Å². The predicted molar refractivity (Wildman–Crippen MR) is 79.4 cm³/mol. The van der Waals surface area contributed by atoms with Crippen molar-refractivity contribution in [1.29, 1.82) is 0 Å². The first-order valence-corrected chi connectivity index (χ1v) is 6.84. The molecule has 0 aliphatic carbocycles. The van der Waals surface area contributed by atoms with Crippen LogP contribution in [-0.2, 0) is 17.8 Å². The van der Waals surface area contributed by atoms with Crippen LogP contribution in [0.1, 0.15) is 29.7 Å². The van der Waals surface area contributed by atoms with Crippen molar-refractivity contribution in [3.63, 3.8) is 0 Å². The zero-order chi connectivity index (χ0) is 15.2. The standard InChI is InChI=1S/C17H18FNO2/c1-12(15-8-4-5-9-16(15)18)19-11-14-7-3-2-6-13(14)10-17(20)21/h2-9,12,19H,10-11H2,1H3,(H,20,21)/t12-/m1/s1. The minimum Gasteiger partial charge on any atom is -0.481 e. The van der Waals surface area contributed by atoms with Crippen molar-refractivity contribution in [1.82, 2.24) is 5.32 Å². The summed E-state index contributed by atoms with van der Waals surface area (Å²) in [5.41, 5.74) is 2.30. The highest BCUT2D eigenvalue weighted by Gasteiger charge is 2.11. The fourth-order valence-corrected chi connectivity index (χ4v) is 2.26. The number of aliphatic carboxylic acids is 1. The highest BCUT2D eigenvalue weighted by molar-refractivity contribution is 5.70. The van der Waals surface area contributed by atoms with Crippen molar-refractivity contribution in [3.05, 3.63) is 71.0 Å². The first kappa shape index (κ1) is 15.2. The van der Waals surface area contributed by atoms with Crippen molar-refractivity contribution < 1.29 is 14.3 Å². The van der Waals surface area contributed by atoms with Gasteiger partial charge in [0.15, 0.2) is 0 Å². The number of carbonyl (C=O) groups is 1. The van der Waals surface area contributed by atoms with Gasteiger partial charge in [-0.3, -0.25) is 4.79 Å². The van der Waals surface area contributed by atoms with Gasteiger partial charge in [0.25, 0.3) is 0 Å². The number of carboxylic acids is 1. The highest BCUT2D eigenvalue weighted by Crippen LogP contribution is 2.17. The van der Waals surface area contributed by atoms with Crippen LogP contribution in [0.2, 0.25) is 0 Å². The van der Waals surface area contributed by atoms with Gasteiger partial charge in [-0.05, 0) is 24.1 Å².